The lowest BCUT2D eigenvalue weighted by molar-refractivity contribution is 0.590. The lowest BCUT2D eigenvalue weighted by Crippen LogP contribution is -2.11. The van der Waals surface area contributed by atoms with E-state index in [0.717, 1.165) is 0 Å². The van der Waals surface area contributed by atoms with E-state index in [1.807, 2.05) is 0 Å². The lowest BCUT2D eigenvalue weighted by atomic mass is 9.84. The minimum Gasteiger partial charge on any atom is -0.0614 e. The Labute approximate surface area is 111 Å². The largest absolute Gasteiger partial charge is 0.0614 e. The first-order valence-electron chi connectivity index (χ1n) is 6.56. The molecule has 2 aromatic rings. The maximum absolute atomic E-state index is 2.32. The van der Waals surface area contributed by atoms with Gasteiger partial charge in [-0.25, -0.2) is 0 Å². The third-order valence-corrected chi connectivity index (χ3v) is 3.42. The molecule has 0 radical (unpaired) electrons. The summed E-state index contributed by atoms with van der Waals surface area (Å²) in [5.74, 6) is 0. The Balaban J connectivity index is 2.48. The first-order valence-corrected chi connectivity index (χ1v) is 6.56. The van der Waals surface area contributed by atoms with Gasteiger partial charge >= 0.3 is 0 Å². The Morgan fingerprint density at radius 1 is 0.833 bits per heavy atom. The molecule has 94 valence electrons. The van der Waals surface area contributed by atoms with E-state index >= 15 is 0 Å². The van der Waals surface area contributed by atoms with Crippen LogP contribution in [0.4, 0.5) is 0 Å². The molecule has 0 atom stereocenters. The van der Waals surface area contributed by atoms with Gasteiger partial charge in [-0.3, -0.25) is 0 Å². The first kappa shape index (κ1) is 12.9. The maximum Gasteiger partial charge on any atom is -0.0132 e. The fourth-order valence-corrected chi connectivity index (χ4v) is 2.27. The Hall–Kier alpha value is -1.56. The van der Waals surface area contributed by atoms with Crippen LogP contribution in [0, 0.1) is 13.8 Å². The monoisotopic (exact) mass is 238 g/mol. The van der Waals surface area contributed by atoms with Crippen LogP contribution in [0.15, 0.2) is 42.5 Å². The third-order valence-electron chi connectivity index (χ3n) is 3.42. The Bertz CT molecular complexity index is 556. The minimum absolute atomic E-state index is 0.218. The molecule has 18 heavy (non-hydrogen) atoms. The summed E-state index contributed by atoms with van der Waals surface area (Å²) in [4.78, 5) is 0. The van der Waals surface area contributed by atoms with Gasteiger partial charge in [0.15, 0.2) is 0 Å². The molecule has 0 heteroatoms. The molecule has 0 saturated carbocycles. The fourth-order valence-electron chi connectivity index (χ4n) is 2.27. The van der Waals surface area contributed by atoms with Crippen LogP contribution < -0.4 is 0 Å². The van der Waals surface area contributed by atoms with Crippen LogP contribution in [-0.4, -0.2) is 0 Å². The summed E-state index contributed by atoms with van der Waals surface area (Å²) in [6.45, 7) is 11.1. The molecule has 2 rings (SSSR count). The van der Waals surface area contributed by atoms with E-state index in [1.165, 1.54) is 27.8 Å². The van der Waals surface area contributed by atoms with Crippen molar-refractivity contribution >= 4 is 0 Å². The second kappa shape index (κ2) is 4.61. The predicted octanol–water partition coefficient (Wildman–Crippen LogP) is 5.27. The minimum atomic E-state index is 0.218. The molecule has 0 spiro atoms. The van der Waals surface area contributed by atoms with Crippen LogP contribution in [0.25, 0.3) is 11.1 Å². The number of hydrogen-bond acceptors (Lipinski definition) is 0. The molecule has 2 aromatic carbocycles. The predicted molar refractivity (Wildman–Crippen MR) is 80.1 cm³/mol. The molecule has 0 heterocycles. The quantitative estimate of drug-likeness (QED) is 0.635. The van der Waals surface area contributed by atoms with E-state index in [1.54, 1.807) is 0 Å². The molecule has 0 aliphatic heterocycles. The highest BCUT2D eigenvalue weighted by molar-refractivity contribution is 5.68. The zero-order valence-electron chi connectivity index (χ0n) is 12.0. The molecule has 0 nitrogen and oxygen atoms in total. The van der Waals surface area contributed by atoms with Crippen molar-refractivity contribution in [3.63, 3.8) is 0 Å². The Kier molecular flexibility index (Phi) is 3.30. The van der Waals surface area contributed by atoms with Crippen molar-refractivity contribution in [3.8, 4) is 11.1 Å². The van der Waals surface area contributed by atoms with Crippen molar-refractivity contribution in [1.82, 2.24) is 0 Å². The lowest BCUT2D eigenvalue weighted by Gasteiger charge is -2.20. The van der Waals surface area contributed by atoms with Crippen molar-refractivity contribution in [2.45, 2.75) is 40.0 Å². The maximum atomic E-state index is 2.32. The summed E-state index contributed by atoms with van der Waals surface area (Å²) >= 11 is 0. The molecular formula is C18H22. The van der Waals surface area contributed by atoms with Crippen LogP contribution in [-0.2, 0) is 5.41 Å². The van der Waals surface area contributed by atoms with Gasteiger partial charge < -0.3 is 0 Å². The zero-order valence-corrected chi connectivity index (χ0v) is 12.0. The molecule has 0 saturated heterocycles. The summed E-state index contributed by atoms with van der Waals surface area (Å²) in [6, 6.07) is 15.5. The third kappa shape index (κ3) is 2.64. The van der Waals surface area contributed by atoms with Gasteiger partial charge in [-0.05, 0) is 41.5 Å². The van der Waals surface area contributed by atoms with Crippen LogP contribution >= 0.6 is 0 Å². The molecule has 0 amide bonds. The van der Waals surface area contributed by atoms with Crippen molar-refractivity contribution in [2.24, 2.45) is 0 Å². The highest BCUT2D eigenvalue weighted by atomic mass is 14.2. The van der Waals surface area contributed by atoms with E-state index in [-0.39, 0.29) is 5.41 Å². The number of aryl methyl sites for hydroxylation is 2. The van der Waals surface area contributed by atoms with Crippen LogP contribution in [0.2, 0.25) is 0 Å². The molecule has 0 bridgehead atoms. The van der Waals surface area contributed by atoms with Gasteiger partial charge in [-0.15, -0.1) is 0 Å². The van der Waals surface area contributed by atoms with Gasteiger partial charge in [-0.1, -0.05) is 68.8 Å². The van der Waals surface area contributed by atoms with Crippen LogP contribution in [0.1, 0.15) is 37.5 Å². The normalized spacial score (nSPS) is 11.6. The second-order valence-electron chi connectivity index (χ2n) is 6.15. The van der Waals surface area contributed by atoms with E-state index < -0.39 is 0 Å². The first-order chi connectivity index (χ1) is 8.38. The number of hydrogen-bond donors (Lipinski definition) is 0. The molecule has 0 fully saturated rings. The number of benzene rings is 2. The molecular weight excluding hydrogens is 216 g/mol. The van der Waals surface area contributed by atoms with E-state index in [0.29, 0.717) is 0 Å². The molecule has 0 unspecified atom stereocenters. The summed E-state index contributed by atoms with van der Waals surface area (Å²) in [5.41, 5.74) is 6.94. The summed E-state index contributed by atoms with van der Waals surface area (Å²) in [6.07, 6.45) is 0. The standard InChI is InChI=1S/C18H22/c1-13-7-6-8-15(11-13)17-10-9-16(12-14(17)2)18(3,4)5/h6-12H,1-5H3. The molecule has 0 aromatic heterocycles. The summed E-state index contributed by atoms with van der Waals surface area (Å²) in [5, 5.41) is 0. The highest BCUT2D eigenvalue weighted by Gasteiger charge is 2.14. The topological polar surface area (TPSA) is 0 Å². The zero-order chi connectivity index (χ0) is 13.3. The molecule has 0 aliphatic carbocycles. The highest BCUT2D eigenvalue weighted by Crippen LogP contribution is 2.29. The molecule has 0 aliphatic rings. The van der Waals surface area contributed by atoms with E-state index in [9.17, 15) is 0 Å². The SMILES string of the molecule is Cc1cccc(-c2ccc(C(C)(C)C)cc2C)c1. The fraction of sp³-hybridized carbons (Fsp3) is 0.333. The van der Waals surface area contributed by atoms with Gasteiger partial charge in [-0.2, -0.15) is 0 Å². The Morgan fingerprint density at radius 3 is 2.11 bits per heavy atom. The van der Waals surface area contributed by atoms with E-state index in [2.05, 4.69) is 77.1 Å². The van der Waals surface area contributed by atoms with Crippen molar-refractivity contribution in [3.05, 3.63) is 59.2 Å². The van der Waals surface area contributed by atoms with Gasteiger partial charge in [0.05, 0.1) is 0 Å². The summed E-state index contributed by atoms with van der Waals surface area (Å²) in [7, 11) is 0. The van der Waals surface area contributed by atoms with Crippen LogP contribution in [0.5, 0.6) is 0 Å². The van der Waals surface area contributed by atoms with Gasteiger partial charge in [0.25, 0.3) is 0 Å². The average Bonchev–Trinajstić information content (AvgIpc) is 2.27. The van der Waals surface area contributed by atoms with Gasteiger partial charge in [0, 0.05) is 0 Å². The molecule has 0 N–H and O–H groups in total. The van der Waals surface area contributed by atoms with Crippen molar-refractivity contribution in [2.75, 3.05) is 0 Å². The van der Waals surface area contributed by atoms with Crippen LogP contribution in [0.3, 0.4) is 0 Å². The second-order valence-corrected chi connectivity index (χ2v) is 6.15. The van der Waals surface area contributed by atoms with Gasteiger partial charge in [0.1, 0.15) is 0 Å². The van der Waals surface area contributed by atoms with Gasteiger partial charge in [0.2, 0.25) is 0 Å². The van der Waals surface area contributed by atoms with Crippen molar-refractivity contribution < 1.29 is 0 Å². The van der Waals surface area contributed by atoms with E-state index in [4.69, 9.17) is 0 Å². The average molecular weight is 238 g/mol. The van der Waals surface area contributed by atoms with Crippen molar-refractivity contribution in [1.29, 1.82) is 0 Å². The smallest absolute Gasteiger partial charge is 0.0132 e. The summed E-state index contributed by atoms with van der Waals surface area (Å²) < 4.78 is 0. The number of rotatable bonds is 1. The Morgan fingerprint density at radius 2 is 1.56 bits per heavy atom.